The van der Waals surface area contributed by atoms with E-state index in [-0.39, 0.29) is 6.42 Å². The van der Waals surface area contributed by atoms with Crippen LogP contribution >= 0.6 is 0 Å². The van der Waals surface area contributed by atoms with Crippen LogP contribution in [0.1, 0.15) is 12.5 Å². The van der Waals surface area contributed by atoms with E-state index in [0.717, 1.165) is 12.1 Å². The van der Waals surface area contributed by atoms with Gasteiger partial charge in [-0.15, -0.1) is 13.2 Å². The highest BCUT2D eigenvalue weighted by Gasteiger charge is 2.32. The van der Waals surface area contributed by atoms with Gasteiger partial charge in [0.05, 0.1) is 13.0 Å². The molecule has 0 aromatic heterocycles. The van der Waals surface area contributed by atoms with Crippen molar-refractivity contribution in [2.45, 2.75) is 19.7 Å². The average Bonchev–Trinajstić information content (AvgIpc) is 2.30. The lowest BCUT2D eigenvalue weighted by atomic mass is 10.0. The van der Waals surface area contributed by atoms with Gasteiger partial charge in [0.15, 0.2) is 11.6 Å². The zero-order valence-electron chi connectivity index (χ0n) is 10.3. The average molecular weight is 280 g/mol. The molecule has 0 aliphatic rings. The number of carbonyl (C=O) groups is 1. The maximum Gasteiger partial charge on any atom is 0.573 e. The number of halogens is 4. The number of hydrogen-bond donors (Lipinski definition) is 0. The van der Waals surface area contributed by atoms with Gasteiger partial charge in [0, 0.05) is 0 Å². The molecular weight excluding hydrogens is 268 g/mol. The summed E-state index contributed by atoms with van der Waals surface area (Å²) in [5.41, 5.74) is 0.380. The van der Waals surface area contributed by atoms with E-state index in [2.05, 4.69) is 9.47 Å². The second kappa shape index (κ2) is 5.90. The monoisotopic (exact) mass is 280 g/mol. The lowest BCUT2D eigenvalue weighted by Crippen LogP contribution is -2.18. The number of ether oxygens (including phenoxy) is 2. The molecule has 0 heterocycles. The Balaban J connectivity index is 2.80. The van der Waals surface area contributed by atoms with Gasteiger partial charge in [-0.1, -0.05) is 13.0 Å². The number of rotatable bonds is 4. The van der Waals surface area contributed by atoms with Crippen molar-refractivity contribution in [1.29, 1.82) is 0 Å². The van der Waals surface area contributed by atoms with Gasteiger partial charge in [0.25, 0.3) is 0 Å². The third-order valence-electron chi connectivity index (χ3n) is 2.37. The highest BCUT2D eigenvalue weighted by molar-refractivity contribution is 5.72. The Bertz CT molecular complexity index is 457. The number of hydrogen-bond acceptors (Lipinski definition) is 3. The Hall–Kier alpha value is -1.79. The van der Waals surface area contributed by atoms with Crippen LogP contribution in [0.5, 0.6) is 5.75 Å². The lowest BCUT2D eigenvalue weighted by molar-refractivity contribution is -0.275. The first kappa shape index (κ1) is 15.3. The fourth-order valence-corrected chi connectivity index (χ4v) is 1.52. The van der Waals surface area contributed by atoms with Gasteiger partial charge < -0.3 is 9.47 Å². The van der Waals surface area contributed by atoms with Crippen molar-refractivity contribution in [3.8, 4) is 5.75 Å². The van der Waals surface area contributed by atoms with E-state index in [0.29, 0.717) is 5.56 Å². The fourth-order valence-electron chi connectivity index (χ4n) is 1.52. The van der Waals surface area contributed by atoms with Crippen molar-refractivity contribution in [1.82, 2.24) is 0 Å². The van der Waals surface area contributed by atoms with Gasteiger partial charge in [-0.3, -0.25) is 4.79 Å². The molecule has 1 unspecified atom stereocenters. The molecule has 106 valence electrons. The minimum absolute atomic E-state index is 0.163. The van der Waals surface area contributed by atoms with Crippen LogP contribution in [0.25, 0.3) is 0 Å². The highest BCUT2D eigenvalue weighted by atomic mass is 19.4. The van der Waals surface area contributed by atoms with Gasteiger partial charge >= 0.3 is 12.3 Å². The van der Waals surface area contributed by atoms with Gasteiger partial charge in [-0.25, -0.2) is 4.39 Å². The predicted octanol–water partition coefficient (Wildman–Crippen LogP) is 3.08. The topological polar surface area (TPSA) is 35.5 Å². The summed E-state index contributed by atoms with van der Waals surface area (Å²) in [6.45, 7) is 1.57. The molecule has 3 nitrogen and oxygen atoms in total. The van der Waals surface area contributed by atoms with E-state index in [1.165, 1.54) is 13.2 Å². The SMILES string of the molecule is COC(=O)C(C)Cc1ccc(OC(F)(F)F)c(F)c1. The first-order valence-corrected chi connectivity index (χ1v) is 5.35. The first-order valence-electron chi connectivity index (χ1n) is 5.35. The standard InChI is InChI=1S/C12H12F4O3/c1-7(11(17)18-2)5-8-3-4-10(9(13)6-8)19-12(14,15)16/h3-4,6-7H,5H2,1-2H3. The van der Waals surface area contributed by atoms with Crippen molar-refractivity contribution in [2.75, 3.05) is 7.11 Å². The number of methoxy groups -OCH3 is 1. The summed E-state index contributed by atoms with van der Waals surface area (Å²) in [6.07, 6.45) is -4.78. The summed E-state index contributed by atoms with van der Waals surface area (Å²) in [7, 11) is 1.22. The van der Waals surface area contributed by atoms with Crippen LogP contribution in [-0.4, -0.2) is 19.4 Å². The molecule has 0 aliphatic heterocycles. The van der Waals surface area contributed by atoms with Crippen molar-refractivity contribution < 1.29 is 31.8 Å². The Morgan fingerprint density at radius 1 is 1.37 bits per heavy atom. The maximum atomic E-state index is 13.4. The summed E-state index contributed by atoms with van der Waals surface area (Å²) in [6, 6.07) is 3.05. The largest absolute Gasteiger partial charge is 0.573 e. The van der Waals surface area contributed by atoms with Crippen LogP contribution in [0.2, 0.25) is 0 Å². The van der Waals surface area contributed by atoms with Crippen molar-refractivity contribution in [3.63, 3.8) is 0 Å². The lowest BCUT2D eigenvalue weighted by Gasteiger charge is -2.12. The van der Waals surface area contributed by atoms with Gasteiger partial charge in [-0.2, -0.15) is 0 Å². The molecule has 19 heavy (non-hydrogen) atoms. The van der Waals surface area contributed by atoms with Crippen LogP contribution in [0.3, 0.4) is 0 Å². The molecule has 7 heteroatoms. The molecule has 1 aromatic rings. The van der Waals surface area contributed by atoms with Gasteiger partial charge in [0.1, 0.15) is 0 Å². The molecular formula is C12H12F4O3. The van der Waals surface area contributed by atoms with Gasteiger partial charge in [0.2, 0.25) is 0 Å². The molecule has 0 saturated carbocycles. The maximum absolute atomic E-state index is 13.4. The third-order valence-corrected chi connectivity index (χ3v) is 2.37. The van der Waals surface area contributed by atoms with E-state index in [4.69, 9.17) is 0 Å². The normalized spacial score (nSPS) is 12.9. The number of alkyl halides is 3. The summed E-state index contributed by atoms with van der Waals surface area (Å²) >= 11 is 0. The molecule has 0 saturated heterocycles. The molecule has 0 aliphatic carbocycles. The van der Waals surface area contributed by atoms with Gasteiger partial charge in [-0.05, 0) is 24.1 Å². The molecule has 0 amide bonds. The van der Waals surface area contributed by atoms with Crippen LogP contribution in [-0.2, 0) is 16.0 Å². The smallest absolute Gasteiger partial charge is 0.469 e. The van der Waals surface area contributed by atoms with Crippen molar-refractivity contribution in [3.05, 3.63) is 29.6 Å². The molecule has 0 spiro atoms. The molecule has 1 atom stereocenters. The van der Waals surface area contributed by atoms with E-state index >= 15 is 0 Å². The van der Waals surface area contributed by atoms with E-state index in [9.17, 15) is 22.4 Å². The molecule has 0 N–H and O–H groups in total. The molecule has 1 aromatic carbocycles. The van der Waals surface area contributed by atoms with Crippen molar-refractivity contribution >= 4 is 5.97 Å². The molecule has 1 rings (SSSR count). The Labute approximate surface area is 107 Å². The van der Waals surface area contributed by atoms with E-state index in [1.807, 2.05) is 0 Å². The summed E-state index contributed by atoms with van der Waals surface area (Å²) in [5.74, 6) is -3.02. The molecule has 0 bridgehead atoms. The second-order valence-electron chi connectivity index (χ2n) is 3.94. The third kappa shape index (κ3) is 4.76. The summed E-state index contributed by atoms with van der Waals surface area (Å²) < 4.78 is 57.2. The highest BCUT2D eigenvalue weighted by Crippen LogP contribution is 2.26. The van der Waals surface area contributed by atoms with Crippen LogP contribution < -0.4 is 4.74 Å². The van der Waals surface area contributed by atoms with Crippen LogP contribution in [0.15, 0.2) is 18.2 Å². The molecule has 0 fully saturated rings. The van der Waals surface area contributed by atoms with Crippen molar-refractivity contribution in [2.24, 2.45) is 5.92 Å². The fraction of sp³-hybridized carbons (Fsp3) is 0.417. The van der Waals surface area contributed by atoms with E-state index < -0.39 is 29.8 Å². The second-order valence-corrected chi connectivity index (χ2v) is 3.94. The first-order chi connectivity index (χ1) is 8.73. The minimum atomic E-state index is -4.94. The zero-order valence-corrected chi connectivity index (χ0v) is 10.3. The molecule has 0 radical (unpaired) electrons. The predicted molar refractivity (Wildman–Crippen MR) is 58.0 cm³/mol. The number of benzene rings is 1. The van der Waals surface area contributed by atoms with Crippen LogP contribution in [0.4, 0.5) is 17.6 Å². The number of esters is 1. The van der Waals surface area contributed by atoms with E-state index in [1.54, 1.807) is 6.92 Å². The zero-order chi connectivity index (χ0) is 14.6. The Kier molecular flexibility index (Phi) is 4.74. The summed E-state index contributed by atoms with van der Waals surface area (Å²) in [4.78, 5) is 11.2. The number of carbonyl (C=O) groups excluding carboxylic acids is 1. The summed E-state index contributed by atoms with van der Waals surface area (Å²) in [5, 5.41) is 0. The van der Waals surface area contributed by atoms with Crippen LogP contribution in [0, 0.1) is 11.7 Å². The Morgan fingerprint density at radius 3 is 2.47 bits per heavy atom. The Morgan fingerprint density at radius 2 is 2.00 bits per heavy atom. The quantitative estimate of drug-likeness (QED) is 0.628. The minimum Gasteiger partial charge on any atom is -0.469 e.